The summed E-state index contributed by atoms with van der Waals surface area (Å²) in [6, 6.07) is 4.71. The normalized spacial score (nSPS) is 11.8. The molecule has 0 saturated heterocycles. The quantitative estimate of drug-likeness (QED) is 0.850. The maximum atomic E-state index is 12.3. The van der Waals surface area contributed by atoms with Crippen molar-refractivity contribution in [2.75, 3.05) is 0 Å². The first kappa shape index (κ1) is 11.7. The molecular weight excluding hydrogens is 233 g/mol. The van der Waals surface area contributed by atoms with Gasteiger partial charge in [-0.1, -0.05) is 12.1 Å². The Morgan fingerprint density at radius 1 is 1.18 bits per heavy atom. The molecule has 0 aliphatic rings. The van der Waals surface area contributed by atoms with E-state index in [1.165, 1.54) is 18.3 Å². The molecule has 2 aromatic rings. The second kappa shape index (κ2) is 4.21. The molecule has 0 atom stereocenters. The monoisotopic (exact) mass is 242 g/mol. The summed E-state index contributed by atoms with van der Waals surface area (Å²) in [5, 5.41) is 15.3. The van der Waals surface area contributed by atoms with Crippen LogP contribution in [-0.4, -0.2) is 15.3 Å². The van der Waals surface area contributed by atoms with Gasteiger partial charge in [0.1, 0.15) is 0 Å². The number of H-pyrrole nitrogens is 1. The molecule has 0 radical (unpaired) electrons. The lowest BCUT2D eigenvalue weighted by Gasteiger charge is -2.07. The van der Waals surface area contributed by atoms with Gasteiger partial charge >= 0.3 is 6.18 Å². The molecule has 17 heavy (non-hydrogen) atoms. The molecule has 0 aliphatic heterocycles. The van der Waals surface area contributed by atoms with E-state index in [0.29, 0.717) is 16.8 Å². The molecule has 2 N–H and O–H groups in total. The summed E-state index contributed by atoms with van der Waals surface area (Å²) in [6.07, 6.45) is -2.87. The Kier molecular flexibility index (Phi) is 2.89. The van der Waals surface area contributed by atoms with Gasteiger partial charge in [0.05, 0.1) is 24.1 Å². The number of nitrogens with one attached hydrogen (secondary N) is 1. The van der Waals surface area contributed by atoms with Crippen LogP contribution in [0, 0.1) is 0 Å². The molecule has 0 amide bonds. The van der Waals surface area contributed by atoms with Crippen LogP contribution in [0.5, 0.6) is 0 Å². The van der Waals surface area contributed by atoms with Crippen LogP contribution in [0.4, 0.5) is 13.2 Å². The van der Waals surface area contributed by atoms with E-state index in [1.54, 1.807) is 0 Å². The van der Waals surface area contributed by atoms with Crippen molar-refractivity contribution in [3.05, 3.63) is 41.7 Å². The Bertz CT molecular complexity index is 502. The molecule has 0 saturated carbocycles. The topological polar surface area (TPSA) is 48.9 Å². The van der Waals surface area contributed by atoms with Gasteiger partial charge in [-0.15, -0.1) is 0 Å². The van der Waals surface area contributed by atoms with E-state index < -0.39 is 11.7 Å². The van der Waals surface area contributed by atoms with E-state index in [2.05, 4.69) is 10.2 Å². The first-order valence-corrected chi connectivity index (χ1v) is 4.83. The van der Waals surface area contributed by atoms with Crippen LogP contribution in [0.25, 0.3) is 11.1 Å². The fraction of sp³-hybridized carbons (Fsp3) is 0.182. The highest BCUT2D eigenvalue weighted by Crippen LogP contribution is 2.31. The fourth-order valence-corrected chi connectivity index (χ4v) is 1.52. The standard InChI is InChI=1S/C11H9F3N2O/c12-11(13,14)8-3-1-7(2-4-8)9-5-15-16-10(9)6-17/h1-5,17H,6H2,(H,15,16). The second-order valence-corrected chi connectivity index (χ2v) is 3.50. The van der Waals surface area contributed by atoms with E-state index in [1.807, 2.05) is 0 Å². The van der Waals surface area contributed by atoms with Crippen LogP contribution in [0.3, 0.4) is 0 Å². The summed E-state index contributed by atoms with van der Waals surface area (Å²) in [4.78, 5) is 0. The lowest BCUT2D eigenvalue weighted by atomic mass is 10.0. The molecular formula is C11H9F3N2O. The van der Waals surface area contributed by atoms with Gasteiger partial charge in [0.2, 0.25) is 0 Å². The molecule has 3 nitrogen and oxygen atoms in total. The summed E-state index contributed by atoms with van der Waals surface area (Å²) in [5.74, 6) is 0. The summed E-state index contributed by atoms with van der Waals surface area (Å²) in [7, 11) is 0. The highest BCUT2D eigenvalue weighted by molar-refractivity contribution is 5.65. The Labute approximate surface area is 94.9 Å². The molecule has 90 valence electrons. The van der Waals surface area contributed by atoms with Gasteiger partial charge in [-0.3, -0.25) is 5.10 Å². The number of benzene rings is 1. The van der Waals surface area contributed by atoms with E-state index in [9.17, 15) is 13.2 Å². The van der Waals surface area contributed by atoms with E-state index in [0.717, 1.165) is 12.1 Å². The molecule has 0 spiro atoms. The number of aromatic nitrogens is 2. The highest BCUT2D eigenvalue weighted by Gasteiger charge is 2.30. The Morgan fingerprint density at radius 2 is 1.82 bits per heavy atom. The van der Waals surface area contributed by atoms with Gasteiger partial charge < -0.3 is 5.11 Å². The lowest BCUT2D eigenvalue weighted by Crippen LogP contribution is -2.04. The van der Waals surface area contributed by atoms with E-state index in [4.69, 9.17) is 5.11 Å². The van der Waals surface area contributed by atoms with Crippen molar-refractivity contribution in [3.8, 4) is 11.1 Å². The van der Waals surface area contributed by atoms with Crippen LogP contribution in [0.15, 0.2) is 30.5 Å². The molecule has 1 heterocycles. The first-order valence-electron chi connectivity index (χ1n) is 4.83. The van der Waals surface area contributed by atoms with Crippen molar-refractivity contribution < 1.29 is 18.3 Å². The van der Waals surface area contributed by atoms with E-state index >= 15 is 0 Å². The fourth-order valence-electron chi connectivity index (χ4n) is 1.52. The number of halogens is 3. The maximum absolute atomic E-state index is 12.3. The van der Waals surface area contributed by atoms with Crippen LogP contribution >= 0.6 is 0 Å². The minimum atomic E-state index is -4.34. The third-order valence-electron chi connectivity index (χ3n) is 2.40. The van der Waals surface area contributed by atoms with Crippen LogP contribution in [0.2, 0.25) is 0 Å². The molecule has 1 aromatic carbocycles. The number of aliphatic hydroxyl groups is 1. The smallest absolute Gasteiger partial charge is 0.390 e. The zero-order valence-corrected chi connectivity index (χ0v) is 8.62. The first-order chi connectivity index (χ1) is 8.02. The highest BCUT2D eigenvalue weighted by atomic mass is 19.4. The van der Waals surface area contributed by atoms with Crippen LogP contribution in [-0.2, 0) is 12.8 Å². The summed E-state index contributed by atoms with van der Waals surface area (Å²) < 4.78 is 37.0. The predicted molar refractivity (Wildman–Crippen MR) is 54.9 cm³/mol. The van der Waals surface area contributed by atoms with E-state index in [-0.39, 0.29) is 6.61 Å². The molecule has 1 aromatic heterocycles. The molecule has 0 unspecified atom stereocenters. The number of hydrogen-bond donors (Lipinski definition) is 2. The van der Waals surface area contributed by atoms with Gasteiger partial charge in [0.15, 0.2) is 0 Å². The van der Waals surface area contributed by atoms with Crippen molar-refractivity contribution in [2.45, 2.75) is 12.8 Å². The predicted octanol–water partition coefficient (Wildman–Crippen LogP) is 2.59. The summed E-state index contributed by atoms with van der Waals surface area (Å²) in [6.45, 7) is -0.240. The van der Waals surface area contributed by atoms with Crippen LogP contribution < -0.4 is 0 Å². The Hall–Kier alpha value is -1.82. The van der Waals surface area contributed by atoms with Crippen molar-refractivity contribution in [1.82, 2.24) is 10.2 Å². The molecule has 6 heteroatoms. The van der Waals surface area contributed by atoms with Crippen molar-refractivity contribution >= 4 is 0 Å². The minimum Gasteiger partial charge on any atom is -0.390 e. The van der Waals surface area contributed by atoms with Crippen molar-refractivity contribution in [1.29, 1.82) is 0 Å². The molecule has 0 bridgehead atoms. The van der Waals surface area contributed by atoms with Crippen molar-refractivity contribution in [3.63, 3.8) is 0 Å². The van der Waals surface area contributed by atoms with Gasteiger partial charge in [0, 0.05) is 5.56 Å². The largest absolute Gasteiger partial charge is 0.416 e. The van der Waals surface area contributed by atoms with Gasteiger partial charge in [-0.05, 0) is 17.7 Å². The zero-order valence-electron chi connectivity index (χ0n) is 8.62. The average Bonchev–Trinajstić information content (AvgIpc) is 2.76. The lowest BCUT2D eigenvalue weighted by molar-refractivity contribution is -0.137. The molecule has 0 aliphatic carbocycles. The van der Waals surface area contributed by atoms with Gasteiger partial charge in [-0.2, -0.15) is 18.3 Å². The minimum absolute atomic E-state index is 0.240. The van der Waals surface area contributed by atoms with Crippen LogP contribution in [0.1, 0.15) is 11.3 Å². The number of aliphatic hydroxyl groups excluding tert-OH is 1. The number of hydrogen-bond acceptors (Lipinski definition) is 2. The number of rotatable bonds is 2. The summed E-state index contributed by atoms with van der Waals surface area (Å²) >= 11 is 0. The zero-order chi connectivity index (χ0) is 12.5. The third-order valence-corrected chi connectivity index (χ3v) is 2.40. The average molecular weight is 242 g/mol. The number of alkyl halides is 3. The van der Waals surface area contributed by atoms with Crippen molar-refractivity contribution in [2.24, 2.45) is 0 Å². The summed E-state index contributed by atoms with van der Waals surface area (Å²) in [5.41, 5.74) is 0.956. The number of aromatic amines is 1. The molecule has 0 fully saturated rings. The van der Waals surface area contributed by atoms with Gasteiger partial charge in [0.25, 0.3) is 0 Å². The maximum Gasteiger partial charge on any atom is 0.416 e. The SMILES string of the molecule is OCc1[nH]ncc1-c1ccc(C(F)(F)F)cc1. The number of nitrogens with zero attached hydrogens (tertiary/aromatic N) is 1. The third kappa shape index (κ3) is 2.31. The Balaban J connectivity index is 2.36. The van der Waals surface area contributed by atoms with Gasteiger partial charge in [-0.25, -0.2) is 0 Å². The molecule has 2 rings (SSSR count). The Morgan fingerprint density at radius 3 is 2.35 bits per heavy atom. The second-order valence-electron chi connectivity index (χ2n) is 3.50.